The minimum Gasteiger partial charge on any atom is -0.383 e. The van der Waals surface area contributed by atoms with Gasteiger partial charge in [-0.3, -0.25) is 4.90 Å². The van der Waals surface area contributed by atoms with Crippen LogP contribution in [0.3, 0.4) is 0 Å². The highest BCUT2D eigenvalue weighted by atomic mass is 31.0. The van der Waals surface area contributed by atoms with E-state index in [1.807, 2.05) is 0 Å². The fourth-order valence-corrected chi connectivity index (χ4v) is 3.44. The Morgan fingerprint density at radius 3 is 3.08 bits per heavy atom. The zero-order valence-corrected chi connectivity index (χ0v) is 9.21. The summed E-state index contributed by atoms with van der Waals surface area (Å²) in [5.74, 6) is 0. The number of fused-ring (bicyclic) bond motifs is 1. The minimum absolute atomic E-state index is 0.00521. The van der Waals surface area contributed by atoms with E-state index in [2.05, 4.69) is 14.1 Å². The Morgan fingerprint density at radius 1 is 1.62 bits per heavy atom. The highest BCUT2D eigenvalue weighted by Gasteiger charge is 2.53. The normalized spacial score (nSPS) is 45.5. The fraction of sp³-hybridized carbons (Fsp3) is 1.00. The third-order valence-corrected chi connectivity index (χ3v) is 3.62. The smallest absolute Gasteiger partial charge is 0.138 e. The Balaban J connectivity index is 2.15. The average Bonchev–Trinajstić information content (AvgIpc) is 2.40. The van der Waals surface area contributed by atoms with Crippen LogP contribution in [-0.2, 0) is 4.74 Å². The van der Waals surface area contributed by atoms with Gasteiger partial charge in [-0.25, -0.2) is 4.39 Å². The lowest BCUT2D eigenvalue weighted by molar-refractivity contribution is 0.0650. The first-order chi connectivity index (χ1) is 6.08. The highest BCUT2D eigenvalue weighted by Crippen LogP contribution is 2.47. The van der Waals surface area contributed by atoms with E-state index in [9.17, 15) is 4.39 Å². The molecule has 0 aliphatic carbocycles. The predicted octanol–water partition coefficient (Wildman–Crippen LogP) is 1.41. The van der Waals surface area contributed by atoms with Crippen LogP contribution < -0.4 is 0 Å². The van der Waals surface area contributed by atoms with E-state index in [0.717, 1.165) is 13.0 Å². The first-order valence-corrected chi connectivity index (χ1v) is 5.38. The van der Waals surface area contributed by atoms with Gasteiger partial charge in [-0.2, -0.15) is 0 Å². The van der Waals surface area contributed by atoms with Crippen LogP contribution in [0.4, 0.5) is 4.39 Å². The number of ether oxygens (including phenoxy) is 1. The molecule has 2 rings (SSSR count). The van der Waals surface area contributed by atoms with E-state index in [-0.39, 0.29) is 5.54 Å². The third-order valence-electron chi connectivity index (χ3n) is 3.23. The number of nitrogens with zero attached hydrogens (tertiary/aromatic N) is 1. The second-order valence-corrected chi connectivity index (χ2v) is 5.43. The van der Waals surface area contributed by atoms with E-state index in [4.69, 9.17) is 4.74 Å². The minimum atomic E-state index is -1.08. The maximum Gasteiger partial charge on any atom is 0.138 e. The van der Waals surface area contributed by atoms with Crippen LogP contribution in [0.25, 0.3) is 0 Å². The molecule has 2 fully saturated rings. The molecule has 2 aliphatic heterocycles. The van der Waals surface area contributed by atoms with E-state index in [1.165, 1.54) is 6.42 Å². The van der Waals surface area contributed by atoms with Crippen molar-refractivity contribution in [2.24, 2.45) is 0 Å². The summed E-state index contributed by atoms with van der Waals surface area (Å²) < 4.78 is 19.0. The van der Waals surface area contributed by atoms with Crippen LogP contribution in [0.15, 0.2) is 0 Å². The largest absolute Gasteiger partial charge is 0.383 e. The topological polar surface area (TPSA) is 12.5 Å². The van der Waals surface area contributed by atoms with Crippen LogP contribution in [0.2, 0.25) is 0 Å². The van der Waals surface area contributed by atoms with Gasteiger partial charge in [0.05, 0.1) is 6.61 Å². The number of hydrogen-bond donors (Lipinski definition) is 0. The third kappa shape index (κ3) is 1.62. The molecule has 2 saturated heterocycles. The summed E-state index contributed by atoms with van der Waals surface area (Å²) in [4.78, 5) is 2.25. The Bertz CT molecular complexity index is 212. The van der Waals surface area contributed by atoms with Gasteiger partial charge >= 0.3 is 0 Å². The Hall–Kier alpha value is 0.280. The summed E-state index contributed by atoms with van der Waals surface area (Å²) in [6.45, 7) is 2.26. The molecule has 2 heterocycles. The standard InChI is InChI=1S/C9H17FNOP/c1-12-7-8-3-2-4-11(8)6-9(10,13)5-8/h2-7,13H2,1H3. The molecule has 4 heteroatoms. The van der Waals surface area contributed by atoms with Crippen LogP contribution in [0.5, 0.6) is 0 Å². The molecule has 0 aromatic heterocycles. The first-order valence-electron chi connectivity index (χ1n) is 4.80. The van der Waals surface area contributed by atoms with Crippen molar-refractivity contribution in [3.05, 3.63) is 0 Å². The lowest BCUT2D eigenvalue weighted by Gasteiger charge is -2.30. The molecule has 2 nitrogen and oxygen atoms in total. The Morgan fingerprint density at radius 2 is 2.38 bits per heavy atom. The molecule has 0 aromatic rings. The molecule has 0 radical (unpaired) electrons. The Kier molecular flexibility index (Phi) is 2.38. The van der Waals surface area contributed by atoms with E-state index >= 15 is 0 Å². The van der Waals surface area contributed by atoms with Gasteiger partial charge in [0, 0.05) is 25.6 Å². The summed E-state index contributed by atoms with van der Waals surface area (Å²) >= 11 is 0. The van der Waals surface area contributed by atoms with Gasteiger partial charge < -0.3 is 4.74 Å². The van der Waals surface area contributed by atoms with Gasteiger partial charge in [-0.15, -0.1) is 0 Å². The molecule has 0 aromatic carbocycles. The van der Waals surface area contributed by atoms with Crippen molar-refractivity contribution in [3.63, 3.8) is 0 Å². The molecule has 3 atom stereocenters. The van der Waals surface area contributed by atoms with E-state index in [0.29, 0.717) is 19.6 Å². The summed E-state index contributed by atoms with van der Waals surface area (Å²) in [5, 5.41) is -1.08. The molecule has 3 unspecified atom stereocenters. The summed E-state index contributed by atoms with van der Waals surface area (Å²) in [6.07, 6.45) is 2.88. The fourth-order valence-electron chi connectivity index (χ4n) is 2.84. The van der Waals surface area contributed by atoms with Crippen molar-refractivity contribution in [2.45, 2.75) is 30.2 Å². The van der Waals surface area contributed by atoms with Gasteiger partial charge in [0.1, 0.15) is 5.41 Å². The van der Waals surface area contributed by atoms with Crippen molar-refractivity contribution >= 4 is 9.24 Å². The van der Waals surface area contributed by atoms with Gasteiger partial charge in [0.15, 0.2) is 0 Å². The predicted molar refractivity (Wildman–Crippen MR) is 53.6 cm³/mol. The van der Waals surface area contributed by atoms with Crippen molar-refractivity contribution in [1.29, 1.82) is 0 Å². The van der Waals surface area contributed by atoms with Crippen LogP contribution in [0.1, 0.15) is 19.3 Å². The average molecular weight is 205 g/mol. The SMILES string of the molecule is COCC12CCCN1CC(F)(P)C2. The maximum atomic E-state index is 13.8. The summed E-state index contributed by atoms with van der Waals surface area (Å²) in [7, 11) is 4.05. The number of halogens is 1. The zero-order valence-electron chi connectivity index (χ0n) is 8.05. The quantitative estimate of drug-likeness (QED) is 0.632. The lowest BCUT2D eigenvalue weighted by atomic mass is 9.94. The molecule has 0 spiro atoms. The van der Waals surface area contributed by atoms with Crippen LogP contribution >= 0.6 is 9.24 Å². The van der Waals surface area contributed by atoms with E-state index in [1.54, 1.807) is 7.11 Å². The van der Waals surface area contributed by atoms with Crippen molar-refractivity contribution in [1.82, 2.24) is 4.90 Å². The zero-order chi connectivity index (χ0) is 9.53. The number of alkyl halides is 1. The molecule has 76 valence electrons. The summed E-state index contributed by atoms with van der Waals surface area (Å²) in [6, 6.07) is 0. The van der Waals surface area contributed by atoms with Crippen molar-refractivity contribution in [3.8, 4) is 0 Å². The number of hydrogen-bond acceptors (Lipinski definition) is 2. The van der Waals surface area contributed by atoms with Gasteiger partial charge in [0.2, 0.25) is 0 Å². The maximum absolute atomic E-state index is 13.8. The second kappa shape index (κ2) is 3.15. The molecule has 0 amide bonds. The number of rotatable bonds is 2. The number of methoxy groups -OCH3 is 1. The molecule has 0 bridgehead atoms. The van der Waals surface area contributed by atoms with E-state index < -0.39 is 5.41 Å². The van der Waals surface area contributed by atoms with Crippen LogP contribution in [-0.4, -0.2) is 42.7 Å². The molecular weight excluding hydrogens is 188 g/mol. The van der Waals surface area contributed by atoms with Crippen molar-refractivity contribution < 1.29 is 9.13 Å². The monoisotopic (exact) mass is 205 g/mol. The molecule has 0 saturated carbocycles. The molecule has 2 aliphatic rings. The summed E-state index contributed by atoms with van der Waals surface area (Å²) in [5.41, 5.74) is 0.00521. The Labute approximate surface area is 81.0 Å². The first kappa shape index (κ1) is 9.82. The highest BCUT2D eigenvalue weighted by molar-refractivity contribution is 7.18. The molecular formula is C9H17FNOP. The lowest BCUT2D eigenvalue weighted by Crippen LogP contribution is -2.42. The van der Waals surface area contributed by atoms with Crippen LogP contribution in [0, 0.1) is 0 Å². The van der Waals surface area contributed by atoms with Gasteiger partial charge in [-0.05, 0) is 19.4 Å². The molecule has 0 N–H and O–H groups in total. The van der Waals surface area contributed by atoms with Crippen molar-refractivity contribution in [2.75, 3.05) is 26.8 Å². The second-order valence-electron chi connectivity index (χ2n) is 4.39. The molecule has 13 heavy (non-hydrogen) atoms. The van der Waals surface area contributed by atoms with Gasteiger partial charge in [-0.1, -0.05) is 9.24 Å². The van der Waals surface area contributed by atoms with Gasteiger partial charge in [0.25, 0.3) is 0 Å².